The molecule has 0 radical (unpaired) electrons. The molecule has 3 N–H and O–H groups in total. The lowest BCUT2D eigenvalue weighted by Gasteiger charge is -2.23. The fourth-order valence-electron chi connectivity index (χ4n) is 2.54. The average molecular weight is 232 g/mol. The van der Waals surface area contributed by atoms with Crippen molar-refractivity contribution in [2.75, 3.05) is 18.0 Å². The van der Waals surface area contributed by atoms with Crippen molar-refractivity contribution in [2.45, 2.75) is 27.2 Å². The van der Waals surface area contributed by atoms with E-state index in [1.807, 2.05) is 19.9 Å². The number of nitrogens with two attached hydrogens (primary N) is 1. The first kappa shape index (κ1) is 11.9. The number of nitrogens with one attached hydrogen (secondary N) is 1. The minimum absolute atomic E-state index is 0.115. The van der Waals surface area contributed by atoms with E-state index in [1.54, 1.807) is 0 Å². The Labute approximate surface area is 102 Å². The molecule has 1 saturated heterocycles. The van der Waals surface area contributed by atoms with Crippen molar-refractivity contribution in [2.24, 2.45) is 11.7 Å². The van der Waals surface area contributed by atoms with E-state index in [9.17, 15) is 0 Å². The summed E-state index contributed by atoms with van der Waals surface area (Å²) in [6.45, 7) is 8.26. The van der Waals surface area contributed by atoms with Crippen molar-refractivity contribution < 1.29 is 0 Å². The summed E-state index contributed by atoms with van der Waals surface area (Å²) in [7, 11) is 0. The van der Waals surface area contributed by atoms with E-state index in [0.29, 0.717) is 5.92 Å². The molecule has 17 heavy (non-hydrogen) atoms. The van der Waals surface area contributed by atoms with E-state index in [-0.39, 0.29) is 5.84 Å². The van der Waals surface area contributed by atoms with Crippen molar-refractivity contribution in [3.63, 3.8) is 0 Å². The second-order valence-electron chi connectivity index (χ2n) is 5.00. The molecule has 0 saturated carbocycles. The minimum atomic E-state index is 0.115. The number of pyridine rings is 1. The first-order chi connectivity index (χ1) is 7.99. The molecule has 0 aromatic carbocycles. The first-order valence-corrected chi connectivity index (χ1v) is 6.06. The van der Waals surface area contributed by atoms with Crippen LogP contribution in [-0.4, -0.2) is 23.9 Å². The number of nitrogens with zero attached hydrogens (tertiary/aromatic N) is 2. The zero-order valence-electron chi connectivity index (χ0n) is 10.7. The normalized spacial score (nSPS) is 19.7. The molecule has 1 aliphatic rings. The summed E-state index contributed by atoms with van der Waals surface area (Å²) < 4.78 is 0. The van der Waals surface area contributed by atoms with Crippen molar-refractivity contribution in [1.82, 2.24) is 4.98 Å². The van der Waals surface area contributed by atoms with E-state index in [4.69, 9.17) is 11.1 Å². The van der Waals surface area contributed by atoms with Crippen LogP contribution in [-0.2, 0) is 0 Å². The van der Waals surface area contributed by atoms with Gasteiger partial charge in [0.1, 0.15) is 5.84 Å². The van der Waals surface area contributed by atoms with Gasteiger partial charge in [-0.15, -0.1) is 0 Å². The summed E-state index contributed by atoms with van der Waals surface area (Å²) in [6.07, 6.45) is 1.21. The highest BCUT2D eigenvalue weighted by Gasteiger charge is 2.23. The molecule has 1 unspecified atom stereocenters. The molecule has 0 spiro atoms. The van der Waals surface area contributed by atoms with Gasteiger partial charge in [0.2, 0.25) is 0 Å². The third-order valence-electron chi connectivity index (χ3n) is 3.34. The van der Waals surface area contributed by atoms with E-state index < -0.39 is 0 Å². The van der Waals surface area contributed by atoms with Crippen LogP contribution in [0.25, 0.3) is 0 Å². The van der Waals surface area contributed by atoms with Gasteiger partial charge >= 0.3 is 0 Å². The van der Waals surface area contributed by atoms with Crippen LogP contribution >= 0.6 is 0 Å². The highest BCUT2D eigenvalue weighted by molar-refractivity contribution is 6.01. The topological polar surface area (TPSA) is 66.0 Å². The molecule has 92 valence electrons. The predicted molar refractivity (Wildman–Crippen MR) is 70.7 cm³/mol. The standard InChI is InChI=1S/C13H20N4/c1-8-4-5-17(7-8)11-6-9(2)16-10(3)12(11)13(14)15/h6,8H,4-5,7H2,1-3H3,(H3,14,15). The summed E-state index contributed by atoms with van der Waals surface area (Å²) in [5.41, 5.74) is 9.40. The van der Waals surface area contributed by atoms with Crippen LogP contribution in [0.5, 0.6) is 0 Å². The van der Waals surface area contributed by atoms with E-state index in [0.717, 1.165) is 35.7 Å². The van der Waals surface area contributed by atoms with Gasteiger partial charge in [-0.05, 0) is 32.3 Å². The molecular formula is C13H20N4. The van der Waals surface area contributed by atoms with Crippen molar-refractivity contribution in [3.05, 3.63) is 23.0 Å². The van der Waals surface area contributed by atoms with Crippen LogP contribution in [0.3, 0.4) is 0 Å². The summed E-state index contributed by atoms with van der Waals surface area (Å²) in [5.74, 6) is 0.827. The van der Waals surface area contributed by atoms with Crippen molar-refractivity contribution >= 4 is 11.5 Å². The molecule has 1 fully saturated rings. The van der Waals surface area contributed by atoms with Crippen molar-refractivity contribution in [1.29, 1.82) is 5.41 Å². The van der Waals surface area contributed by atoms with Crippen LogP contribution in [0.15, 0.2) is 6.07 Å². The van der Waals surface area contributed by atoms with Gasteiger partial charge in [0, 0.05) is 18.8 Å². The van der Waals surface area contributed by atoms with E-state index in [2.05, 4.69) is 16.8 Å². The van der Waals surface area contributed by atoms with Gasteiger partial charge in [0.05, 0.1) is 16.9 Å². The van der Waals surface area contributed by atoms with Crippen LogP contribution in [0, 0.1) is 25.2 Å². The Kier molecular flexibility index (Phi) is 3.05. The van der Waals surface area contributed by atoms with Crippen LogP contribution in [0.4, 0.5) is 5.69 Å². The van der Waals surface area contributed by atoms with Gasteiger partial charge in [-0.2, -0.15) is 0 Å². The lowest BCUT2D eigenvalue weighted by atomic mass is 10.1. The summed E-state index contributed by atoms with van der Waals surface area (Å²) in [6, 6.07) is 2.04. The molecule has 0 aliphatic carbocycles. The third-order valence-corrected chi connectivity index (χ3v) is 3.34. The largest absolute Gasteiger partial charge is 0.384 e. The molecule has 2 heterocycles. The Morgan fingerprint density at radius 2 is 2.24 bits per heavy atom. The zero-order chi connectivity index (χ0) is 12.6. The first-order valence-electron chi connectivity index (χ1n) is 6.06. The van der Waals surface area contributed by atoms with Crippen LogP contribution in [0.1, 0.15) is 30.3 Å². The predicted octanol–water partition coefficient (Wildman–Crippen LogP) is 1.83. The lowest BCUT2D eigenvalue weighted by Crippen LogP contribution is -2.25. The van der Waals surface area contributed by atoms with Crippen LogP contribution in [0.2, 0.25) is 0 Å². The number of hydrogen-bond acceptors (Lipinski definition) is 3. The number of hydrogen-bond donors (Lipinski definition) is 2. The second-order valence-corrected chi connectivity index (χ2v) is 5.00. The number of aryl methyl sites for hydroxylation is 2. The molecule has 2 rings (SSSR count). The fraction of sp³-hybridized carbons (Fsp3) is 0.538. The quantitative estimate of drug-likeness (QED) is 0.604. The summed E-state index contributed by atoms with van der Waals surface area (Å²) in [4.78, 5) is 6.72. The molecular weight excluding hydrogens is 212 g/mol. The Hall–Kier alpha value is -1.58. The molecule has 0 amide bonds. The SMILES string of the molecule is Cc1cc(N2CCC(C)C2)c(C(=N)N)c(C)n1. The number of amidine groups is 1. The number of anilines is 1. The third kappa shape index (κ3) is 2.25. The minimum Gasteiger partial charge on any atom is -0.384 e. The maximum atomic E-state index is 7.71. The molecule has 1 aromatic rings. The lowest BCUT2D eigenvalue weighted by molar-refractivity contribution is 0.659. The smallest absolute Gasteiger partial charge is 0.126 e. The molecule has 4 heteroatoms. The van der Waals surface area contributed by atoms with Gasteiger partial charge in [0.15, 0.2) is 0 Å². The Morgan fingerprint density at radius 1 is 1.53 bits per heavy atom. The summed E-state index contributed by atoms with van der Waals surface area (Å²) >= 11 is 0. The number of nitrogen functional groups attached to an aromatic ring is 1. The number of rotatable bonds is 2. The van der Waals surface area contributed by atoms with Gasteiger partial charge in [-0.3, -0.25) is 10.4 Å². The van der Waals surface area contributed by atoms with E-state index >= 15 is 0 Å². The highest BCUT2D eigenvalue weighted by atomic mass is 15.2. The van der Waals surface area contributed by atoms with E-state index in [1.165, 1.54) is 6.42 Å². The van der Waals surface area contributed by atoms with Gasteiger partial charge in [0.25, 0.3) is 0 Å². The monoisotopic (exact) mass is 232 g/mol. The molecule has 1 atom stereocenters. The second kappa shape index (κ2) is 4.35. The van der Waals surface area contributed by atoms with Crippen LogP contribution < -0.4 is 10.6 Å². The molecule has 1 aromatic heterocycles. The average Bonchev–Trinajstić information content (AvgIpc) is 2.62. The van der Waals surface area contributed by atoms with Gasteiger partial charge < -0.3 is 10.6 Å². The maximum Gasteiger partial charge on any atom is 0.126 e. The Balaban J connectivity index is 2.47. The highest BCUT2D eigenvalue weighted by Crippen LogP contribution is 2.28. The maximum absolute atomic E-state index is 7.71. The van der Waals surface area contributed by atoms with Gasteiger partial charge in [-0.1, -0.05) is 6.92 Å². The Morgan fingerprint density at radius 3 is 2.76 bits per heavy atom. The molecule has 4 nitrogen and oxygen atoms in total. The molecule has 0 bridgehead atoms. The summed E-state index contributed by atoms with van der Waals surface area (Å²) in [5, 5.41) is 7.71. The Bertz CT molecular complexity index is 453. The van der Waals surface area contributed by atoms with Crippen molar-refractivity contribution in [3.8, 4) is 0 Å². The number of aromatic nitrogens is 1. The zero-order valence-corrected chi connectivity index (χ0v) is 10.7. The van der Waals surface area contributed by atoms with Gasteiger partial charge in [-0.25, -0.2) is 0 Å². The fourth-order valence-corrected chi connectivity index (χ4v) is 2.54. The molecule has 1 aliphatic heterocycles.